The van der Waals surface area contributed by atoms with Crippen LogP contribution < -0.4 is 113 Å². The monoisotopic (exact) mass is 1880 g/mol. The summed E-state index contributed by atoms with van der Waals surface area (Å²) in [6, 6.07) is -22.9. The van der Waals surface area contributed by atoms with E-state index in [2.05, 4.69) is 102 Å². The van der Waals surface area contributed by atoms with Crippen LogP contribution in [0, 0.1) is 23.7 Å². The Hall–Kier alpha value is -10.3. The number of nitrogens with two attached hydrogens (primary N) is 3. The number of aliphatic carboxylic acids is 1. The maximum atomic E-state index is 15.4. The molecule has 4 aliphatic heterocycles. The molecule has 0 aliphatic carbocycles. The molecular weight excluding hydrogens is 1750 g/mol. The quantitative estimate of drug-likeness (QED) is 0.0235. The van der Waals surface area contributed by atoms with Crippen molar-refractivity contribution in [3.05, 3.63) is 24.0 Å². The first kappa shape index (κ1) is 110. The van der Waals surface area contributed by atoms with Crippen LogP contribution in [0.25, 0.3) is 0 Å². The van der Waals surface area contributed by atoms with Gasteiger partial charge in [0.15, 0.2) is 0 Å². The van der Waals surface area contributed by atoms with Gasteiger partial charge in [-0.2, -0.15) is 47.0 Å². The highest BCUT2D eigenvalue weighted by Gasteiger charge is 2.44. The largest absolute Gasteiger partial charge is 0.480 e. The number of nitrogens with one attached hydrogen (secondary N) is 18. The van der Waals surface area contributed by atoms with Gasteiger partial charge in [-0.3, -0.25) is 95.9 Å². The topological polar surface area (TPSA) is 677 Å². The molecule has 716 valence electrons. The van der Waals surface area contributed by atoms with Crippen molar-refractivity contribution in [2.24, 2.45) is 40.9 Å². The summed E-state index contributed by atoms with van der Waals surface area (Å²) >= 11 is 3.70. The molecule has 128 heavy (non-hydrogen) atoms. The molecule has 4 heterocycles. The second-order valence-corrected chi connectivity index (χ2v) is 37.5. The molecule has 0 spiro atoms. The molecule has 4 rings (SSSR count). The number of nitrogens with zero attached hydrogens (tertiary/aromatic N) is 1. The van der Waals surface area contributed by atoms with Crippen LogP contribution in [0.15, 0.2) is 24.0 Å². The molecule has 4 aliphatic rings. The minimum atomic E-state index is -1.95. The summed E-state index contributed by atoms with van der Waals surface area (Å²) < 4.78 is 0. The van der Waals surface area contributed by atoms with Gasteiger partial charge in [-0.25, -0.2) is 4.79 Å². The molecule has 4 fully saturated rings. The van der Waals surface area contributed by atoms with Gasteiger partial charge >= 0.3 is 5.97 Å². The number of allylic oxidation sites excluding steroid dienone is 1. The van der Waals surface area contributed by atoms with Crippen molar-refractivity contribution < 1.29 is 106 Å². The number of fused-ring (bicyclic) bond motifs is 1. The van der Waals surface area contributed by atoms with Crippen molar-refractivity contribution in [1.29, 1.82) is 0 Å². The van der Waals surface area contributed by atoms with E-state index in [4.69, 9.17) is 17.2 Å². The highest BCUT2D eigenvalue weighted by Crippen LogP contribution is 2.26. The van der Waals surface area contributed by atoms with Crippen molar-refractivity contribution in [1.82, 2.24) is 101 Å². The number of rotatable bonds is 30. The Morgan fingerprint density at radius 3 is 1.70 bits per heavy atom. The molecule has 0 bridgehead atoms. The number of primary amides is 1. The van der Waals surface area contributed by atoms with E-state index in [1.165, 1.54) is 50.4 Å². The summed E-state index contributed by atoms with van der Waals surface area (Å²) in [6.45, 7) is 20.7. The SMILES string of the molecule is C=C1NC(=O)[C@H]([C@@H](C)CC)NC(=O)[C@@H](NC(=O)/C(=C/C)NC(=O)[C@@H](N)[C@@H](C)CC)CSC[C@@H](C(=O)N[C@@H]2C(=O)N3CCC[C@H]3C(=O)NCC(=O)N[C@H](C(=O)N[C@@H](CCCCN)C(=O)N[C@@H]3C(=O)NCC(=O)N[C@@H](C)C(=O)N[C@@H](CC(C)C)C(=O)N[C@@H](CCSC)C(=O)NCC(=O)N[C@H](C(=O)N[C@@H](CC(N)=O)C(=O)O)CS[C@H]3C)CS[C@H]2C)NC(=O)[C@H](CC(C)C)NC1=O. The van der Waals surface area contributed by atoms with Crippen molar-refractivity contribution >= 4 is 171 Å². The first-order valence-electron chi connectivity index (χ1n) is 42.6. The van der Waals surface area contributed by atoms with Crippen LogP contribution in [0.3, 0.4) is 0 Å². The molecule has 44 nitrogen and oxygen atoms in total. The van der Waals surface area contributed by atoms with Gasteiger partial charge in [-0.05, 0) is 107 Å². The van der Waals surface area contributed by atoms with Crippen molar-refractivity contribution in [3.8, 4) is 0 Å². The Bertz CT molecular complexity index is 4050. The lowest BCUT2D eigenvalue weighted by Gasteiger charge is -2.33. The average molecular weight is 1880 g/mol. The van der Waals surface area contributed by atoms with Crippen molar-refractivity contribution in [2.45, 2.75) is 255 Å². The Morgan fingerprint density at radius 2 is 1.15 bits per heavy atom. The summed E-state index contributed by atoms with van der Waals surface area (Å²) in [5.41, 5.74) is 16.6. The van der Waals surface area contributed by atoms with Crippen molar-refractivity contribution in [3.63, 3.8) is 0 Å². The summed E-state index contributed by atoms with van der Waals surface area (Å²) in [4.78, 5) is 298. The number of carbonyl (C=O) groups is 21. The summed E-state index contributed by atoms with van der Waals surface area (Å²) in [7, 11) is 0. The standard InChI is InChI=1S/C80H130N22O22S4/c1-15-39(8)60(83)76(119)91-45(17-3)67(110)97-51-33-126-34-52(98-70(113)49(28-38(6)7)95-65(108)42(11)88-78(121)61(40(9)16-2)99-73(51)116)74(117)101-63-44(13)128-36-53(89-59(106)32-85-75(118)55-22-20-25-102(55)79(63)122)71(114)92-46(21-18-19-24-81)68(111)100-62-43(12)127-35-54(72(115)96-50(80(123)124)29-56(82)103)90-58(105)31-84-66(109)47(23-26-125-14)93-69(112)48(27-37(4)5)94-64(107)41(10)87-57(104)30-86-77(62)120/h17,37-41,43-44,46-55,60-63H,11,15-16,18-36,81,83H2,1-10,12-14H3,(H2,82,103)(H,84,109)(H,85,118)(H,86,120)(H,87,104)(H,88,121)(H,89,106)(H,90,105)(H,91,119)(H,92,114)(H,93,112)(H,94,107)(H,95,108)(H,96,115)(H,97,110)(H,98,113)(H,99,116)(H,100,111)(H,101,117)(H,123,124)/b45-17-/t39-,40-,41-,43-,44-,46-,47-,48-,49-,50-,51-,52-,53-,54-,55-,60-,61-,62-,63-/m0/s1. The molecule has 19 atom stereocenters. The van der Waals surface area contributed by atoms with Gasteiger partial charge in [0.25, 0.3) is 11.8 Å². The fourth-order valence-corrected chi connectivity index (χ4v) is 17.1. The van der Waals surface area contributed by atoms with Gasteiger partial charge in [0.1, 0.15) is 90.3 Å². The lowest BCUT2D eigenvalue weighted by Crippen LogP contribution is -2.61. The number of amides is 20. The molecule has 4 saturated heterocycles. The lowest BCUT2D eigenvalue weighted by molar-refractivity contribution is -0.143. The van der Waals surface area contributed by atoms with E-state index in [0.29, 0.717) is 30.4 Å². The zero-order valence-electron chi connectivity index (χ0n) is 74.6. The minimum Gasteiger partial charge on any atom is -0.480 e. The zero-order valence-corrected chi connectivity index (χ0v) is 77.9. The fourth-order valence-electron chi connectivity index (χ4n) is 13.4. The van der Waals surface area contributed by atoms with E-state index in [1.54, 1.807) is 54.7 Å². The molecule has 48 heteroatoms. The molecule has 0 aromatic carbocycles. The Labute approximate surface area is 761 Å². The molecule has 0 aromatic rings. The van der Waals surface area contributed by atoms with E-state index in [9.17, 15) is 86.6 Å². The normalized spacial score (nSPS) is 26.3. The molecule has 25 N–H and O–H groups in total. The molecule has 0 saturated carbocycles. The Kier molecular flexibility index (Phi) is 47.2. The second-order valence-electron chi connectivity index (χ2n) is 32.6. The average Bonchev–Trinajstić information content (AvgIpc) is 1.60. The van der Waals surface area contributed by atoms with Gasteiger partial charge in [-0.1, -0.05) is 94.7 Å². The van der Waals surface area contributed by atoms with Gasteiger partial charge in [0.05, 0.1) is 37.8 Å². The third-order valence-corrected chi connectivity index (χ3v) is 25.8. The summed E-state index contributed by atoms with van der Waals surface area (Å²) in [6.07, 6.45) is 3.33. The van der Waals surface area contributed by atoms with Crippen LogP contribution in [0.4, 0.5) is 0 Å². The molecule has 0 unspecified atom stereocenters. The predicted molar refractivity (Wildman–Crippen MR) is 478 cm³/mol. The number of carboxylic acid groups (broad SMARTS) is 1. The van der Waals surface area contributed by atoms with Crippen LogP contribution >= 0.6 is 47.0 Å². The number of carbonyl (C=O) groups excluding carboxylic acids is 20. The number of carboxylic acids is 1. The first-order chi connectivity index (χ1) is 60.3. The van der Waals surface area contributed by atoms with Gasteiger partial charge in [0.2, 0.25) is 106 Å². The predicted octanol–water partition coefficient (Wildman–Crippen LogP) is -6.33. The Balaban J connectivity index is 1.84. The van der Waals surface area contributed by atoms with Crippen LogP contribution in [0.1, 0.15) is 154 Å². The van der Waals surface area contributed by atoms with Gasteiger partial charge < -0.3 is 123 Å². The van der Waals surface area contributed by atoms with Crippen LogP contribution in [-0.4, -0.2) is 303 Å². The Morgan fingerprint density at radius 1 is 0.602 bits per heavy atom. The van der Waals surface area contributed by atoms with E-state index in [-0.39, 0.29) is 87.9 Å². The van der Waals surface area contributed by atoms with Gasteiger partial charge in [0, 0.05) is 40.1 Å². The molecule has 0 radical (unpaired) electrons. The number of hydrogen-bond donors (Lipinski definition) is 22. The summed E-state index contributed by atoms with van der Waals surface area (Å²) in [5, 5.41) is 53.0. The zero-order chi connectivity index (χ0) is 96.1. The number of hydrogen-bond acceptors (Lipinski definition) is 27. The highest BCUT2D eigenvalue weighted by molar-refractivity contribution is 8.00. The van der Waals surface area contributed by atoms with E-state index >= 15 is 19.2 Å². The molecular formula is C80H130N22O22S4. The molecule has 0 aromatic heterocycles. The first-order valence-corrected chi connectivity index (χ1v) is 47.2. The van der Waals surface area contributed by atoms with Crippen molar-refractivity contribution in [2.75, 3.05) is 67.7 Å². The van der Waals surface area contributed by atoms with E-state index < -0.39 is 286 Å². The third kappa shape index (κ3) is 36.0. The van der Waals surface area contributed by atoms with E-state index in [0.717, 1.165) is 23.5 Å². The number of thioether (sulfide) groups is 4. The second kappa shape index (κ2) is 54.9. The van der Waals surface area contributed by atoms with E-state index in [1.807, 2.05) is 6.92 Å². The maximum Gasteiger partial charge on any atom is 0.326 e. The maximum absolute atomic E-state index is 15.4. The van der Waals surface area contributed by atoms with Crippen LogP contribution in [0.2, 0.25) is 0 Å². The van der Waals surface area contributed by atoms with Gasteiger partial charge in [-0.15, -0.1) is 0 Å². The minimum absolute atomic E-state index is 0.0237. The molecule has 20 amide bonds. The lowest BCUT2D eigenvalue weighted by atomic mass is 9.97. The fraction of sp³-hybridized carbons (Fsp3) is 0.688. The van der Waals surface area contributed by atoms with Crippen LogP contribution in [0.5, 0.6) is 0 Å². The third-order valence-electron chi connectivity index (χ3n) is 21.3. The highest BCUT2D eigenvalue weighted by atomic mass is 32.2. The number of unbranched alkanes of at least 4 members (excludes halogenated alkanes) is 1. The van der Waals surface area contributed by atoms with Crippen LogP contribution in [-0.2, 0) is 101 Å². The summed E-state index contributed by atoms with van der Waals surface area (Å²) in [5.74, 6) is -24.2. The smallest absolute Gasteiger partial charge is 0.326 e.